The normalized spacial score (nSPS) is 11.2. The number of rotatable bonds is 5. The molecule has 0 aliphatic rings. The third-order valence-corrected chi connectivity index (χ3v) is 2.33. The van der Waals surface area contributed by atoms with Crippen LogP contribution in [0.15, 0.2) is 6.07 Å². The van der Waals surface area contributed by atoms with Gasteiger partial charge in [0, 0.05) is 17.5 Å². The van der Waals surface area contributed by atoms with Gasteiger partial charge in [-0.25, -0.2) is 0 Å². The SMILES string of the molecule is COc1nc(OC(F)(F)F)cc(CCl)c1CC(=O)O. The third-order valence-electron chi connectivity index (χ3n) is 2.04. The summed E-state index contributed by atoms with van der Waals surface area (Å²) in [6, 6.07) is 0.932. The summed E-state index contributed by atoms with van der Waals surface area (Å²) in [6.07, 6.45) is -5.37. The molecule has 1 aromatic rings. The van der Waals surface area contributed by atoms with Gasteiger partial charge < -0.3 is 14.6 Å². The van der Waals surface area contributed by atoms with Crippen molar-refractivity contribution in [1.82, 2.24) is 4.98 Å². The minimum absolute atomic E-state index is 0.111. The summed E-state index contributed by atoms with van der Waals surface area (Å²) >= 11 is 5.57. The Labute approximate surface area is 110 Å². The van der Waals surface area contributed by atoms with E-state index in [1.807, 2.05) is 0 Å². The predicted octanol–water partition coefficient (Wildman–Crippen LogP) is 2.35. The van der Waals surface area contributed by atoms with Crippen molar-refractivity contribution in [2.24, 2.45) is 0 Å². The van der Waals surface area contributed by atoms with Crippen molar-refractivity contribution in [3.8, 4) is 11.8 Å². The van der Waals surface area contributed by atoms with Crippen molar-refractivity contribution in [1.29, 1.82) is 0 Å². The highest BCUT2D eigenvalue weighted by Gasteiger charge is 2.32. The molecular formula is C10H9ClF3NO4. The zero-order valence-corrected chi connectivity index (χ0v) is 10.4. The first kappa shape index (κ1) is 15.4. The number of aromatic nitrogens is 1. The van der Waals surface area contributed by atoms with Crippen molar-refractivity contribution < 1.29 is 32.5 Å². The van der Waals surface area contributed by atoms with E-state index in [1.165, 1.54) is 0 Å². The molecule has 5 nitrogen and oxygen atoms in total. The smallest absolute Gasteiger partial charge is 0.481 e. The van der Waals surface area contributed by atoms with Crippen LogP contribution in [0.1, 0.15) is 11.1 Å². The lowest BCUT2D eigenvalue weighted by molar-refractivity contribution is -0.276. The number of carboxylic acids is 1. The molecule has 0 aromatic carbocycles. The summed E-state index contributed by atoms with van der Waals surface area (Å²) < 4.78 is 44.7. The van der Waals surface area contributed by atoms with Crippen LogP contribution in [0.5, 0.6) is 11.8 Å². The van der Waals surface area contributed by atoms with Crippen LogP contribution in [-0.2, 0) is 17.1 Å². The van der Waals surface area contributed by atoms with Crippen molar-refractivity contribution >= 4 is 17.6 Å². The number of carboxylic acid groups (broad SMARTS) is 1. The van der Waals surface area contributed by atoms with E-state index < -0.39 is 24.6 Å². The molecule has 0 unspecified atom stereocenters. The predicted molar refractivity (Wildman–Crippen MR) is 58.4 cm³/mol. The largest absolute Gasteiger partial charge is 0.574 e. The van der Waals surface area contributed by atoms with Crippen LogP contribution in [0, 0.1) is 0 Å². The van der Waals surface area contributed by atoms with Gasteiger partial charge in [-0.15, -0.1) is 24.8 Å². The standard InChI is InChI=1S/C10H9ClF3NO4/c1-18-9-6(3-8(16)17)5(4-11)2-7(15-9)19-10(12,13)14/h2H,3-4H2,1H3,(H,16,17). The van der Waals surface area contributed by atoms with Crippen LogP contribution < -0.4 is 9.47 Å². The molecule has 0 aliphatic carbocycles. The minimum Gasteiger partial charge on any atom is -0.481 e. The number of hydrogen-bond acceptors (Lipinski definition) is 4. The van der Waals surface area contributed by atoms with Crippen molar-refractivity contribution in [2.75, 3.05) is 7.11 Å². The number of pyridine rings is 1. The number of methoxy groups -OCH3 is 1. The number of nitrogens with zero attached hydrogens (tertiary/aromatic N) is 1. The van der Waals surface area contributed by atoms with E-state index in [0.29, 0.717) is 0 Å². The van der Waals surface area contributed by atoms with Crippen molar-refractivity contribution in [2.45, 2.75) is 18.7 Å². The summed E-state index contributed by atoms with van der Waals surface area (Å²) in [5, 5.41) is 8.72. The fraction of sp³-hybridized carbons (Fsp3) is 0.400. The second kappa shape index (κ2) is 5.96. The Morgan fingerprint density at radius 1 is 1.53 bits per heavy atom. The zero-order chi connectivity index (χ0) is 14.6. The van der Waals surface area contributed by atoms with Crippen LogP contribution in [0.3, 0.4) is 0 Å². The highest BCUT2D eigenvalue weighted by atomic mass is 35.5. The average Bonchev–Trinajstić information content (AvgIpc) is 2.27. The molecule has 0 amide bonds. The molecule has 0 atom stereocenters. The van der Waals surface area contributed by atoms with E-state index in [-0.39, 0.29) is 22.9 Å². The third kappa shape index (κ3) is 4.47. The van der Waals surface area contributed by atoms with Gasteiger partial charge >= 0.3 is 12.3 Å². The van der Waals surface area contributed by atoms with Crippen LogP contribution in [0.4, 0.5) is 13.2 Å². The summed E-state index contributed by atoms with van der Waals surface area (Å²) in [5.74, 6) is -2.40. The molecule has 19 heavy (non-hydrogen) atoms. The quantitative estimate of drug-likeness (QED) is 0.845. The van der Waals surface area contributed by atoms with Gasteiger partial charge in [-0.3, -0.25) is 4.79 Å². The van der Waals surface area contributed by atoms with E-state index in [1.54, 1.807) is 0 Å². The summed E-state index contributed by atoms with van der Waals surface area (Å²) in [6.45, 7) is 0. The van der Waals surface area contributed by atoms with Gasteiger partial charge in [-0.1, -0.05) is 0 Å². The molecular weight excluding hydrogens is 291 g/mol. The number of halogens is 4. The van der Waals surface area contributed by atoms with E-state index >= 15 is 0 Å². The second-order valence-electron chi connectivity index (χ2n) is 3.36. The fourth-order valence-corrected chi connectivity index (χ4v) is 1.61. The van der Waals surface area contributed by atoms with Crippen LogP contribution in [-0.4, -0.2) is 29.5 Å². The maximum Gasteiger partial charge on any atom is 0.574 e. The van der Waals surface area contributed by atoms with Crippen LogP contribution in [0.25, 0.3) is 0 Å². The van der Waals surface area contributed by atoms with Gasteiger partial charge in [0.15, 0.2) is 0 Å². The number of ether oxygens (including phenoxy) is 2. The summed E-state index contributed by atoms with van der Waals surface area (Å²) in [7, 11) is 1.16. The monoisotopic (exact) mass is 299 g/mol. The molecule has 0 spiro atoms. The molecule has 1 aromatic heterocycles. The summed E-state index contributed by atoms with van der Waals surface area (Å²) in [5.41, 5.74) is 0.259. The molecule has 1 N–H and O–H groups in total. The Kier molecular flexibility index (Phi) is 4.82. The van der Waals surface area contributed by atoms with Crippen molar-refractivity contribution in [3.05, 3.63) is 17.2 Å². The van der Waals surface area contributed by atoms with Gasteiger partial charge in [0.05, 0.1) is 13.5 Å². The molecule has 0 saturated carbocycles. The fourth-order valence-electron chi connectivity index (χ4n) is 1.37. The lowest BCUT2D eigenvalue weighted by Gasteiger charge is -2.14. The Balaban J connectivity index is 3.23. The highest BCUT2D eigenvalue weighted by molar-refractivity contribution is 6.17. The molecule has 106 valence electrons. The second-order valence-corrected chi connectivity index (χ2v) is 3.63. The molecule has 1 heterocycles. The molecule has 0 saturated heterocycles. The number of hydrogen-bond donors (Lipinski definition) is 1. The van der Waals surface area contributed by atoms with E-state index in [0.717, 1.165) is 13.2 Å². The summed E-state index contributed by atoms with van der Waals surface area (Å²) in [4.78, 5) is 14.1. The van der Waals surface area contributed by atoms with Gasteiger partial charge in [-0.2, -0.15) is 4.98 Å². The maximum atomic E-state index is 12.1. The van der Waals surface area contributed by atoms with E-state index in [9.17, 15) is 18.0 Å². The number of alkyl halides is 4. The lowest BCUT2D eigenvalue weighted by atomic mass is 10.1. The first-order valence-corrected chi connectivity index (χ1v) is 5.40. The van der Waals surface area contributed by atoms with Gasteiger partial charge in [-0.05, 0) is 5.56 Å². The zero-order valence-electron chi connectivity index (χ0n) is 9.62. The van der Waals surface area contributed by atoms with Crippen LogP contribution >= 0.6 is 11.6 Å². The number of aliphatic carboxylic acids is 1. The molecule has 0 radical (unpaired) electrons. The van der Waals surface area contributed by atoms with E-state index in [2.05, 4.69) is 9.72 Å². The maximum absolute atomic E-state index is 12.1. The average molecular weight is 300 g/mol. The minimum atomic E-state index is -4.91. The number of carbonyl (C=O) groups is 1. The highest BCUT2D eigenvalue weighted by Crippen LogP contribution is 2.29. The Morgan fingerprint density at radius 3 is 2.58 bits per heavy atom. The molecule has 0 bridgehead atoms. The Bertz CT molecular complexity index is 453. The Hall–Kier alpha value is -1.70. The molecule has 0 fully saturated rings. The first-order valence-electron chi connectivity index (χ1n) is 4.87. The van der Waals surface area contributed by atoms with Crippen LogP contribution in [0.2, 0.25) is 0 Å². The van der Waals surface area contributed by atoms with Gasteiger partial charge in [0.25, 0.3) is 0 Å². The topological polar surface area (TPSA) is 68.7 Å². The van der Waals surface area contributed by atoms with Gasteiger partial charge in [0.2, 0.25) is 11.8 Å². The first-order chi connectivity index (χ1) is 8.76. The molecule has 0 aliphatic heterocycles. The Morgan fingerprint density at radius 2 is 2.16 bits per heavy atom. The van der Waals surface area contributed by atoms with E-state index in [4.69, 9.17) is 21.4 Å². The van der Waals surface area contributed by atoms with Crippen molar-refractivity contribution in [3.63, 3.8) is 0 Å². The molecule has 1 rings (SSSR count). The van der Waals surface area contributed by atoms with Gasteiger partial charge in [0.1, 0.15) is 0 Å². The lowest BCUT2D eigenvalue weighted by Crippen LogP contribution is -2.19. The molecule has 9 heteroatoms.